The highest BCUT2D eigenvalue weighted by molar-refractivity contribution is 5.82. The minimum absolute atomic E-state index is 0.00132. The molecule has 3 nitrogen and oxygen atoms in total. The summed E-state index contributed by atoms with van der Waals surface area (Å²) < 4.78 is 27.7. The van der Waals surface area contributed by atoms with Crippen molar-refractivity contribution in [3.05, 3.63) is 107 Å². The number of rotatable bonds is 4. The quantitative estimate of drug-likeness (QED) is 0.716. The first kappa shape index (κ1) is 17.2. The van der Waals surface area contributed by atoms with Crippen LogP contribution in [-0.2, 0) is 6.54 Å². The third-order valence-corrected chi connectivity index (χ3v) is 4.67. The van der Waals surface area contributed by atoms with E-state index >= 15 is 0 Å². The predicted octanol–water partition coefficient (Wildman–Crippen LogP) is 4.50. The van der Waals surface area contributed by atoms with Crippen LogP contribution < -0.4 is 10.6 Å². The molecule has 2 unspecified atom stereocenters. The first-order valence-electron chi connectivity index (χ1n) is 8.83. The lowest BCUT2D eigenvalue weighted by atomic mass is 9.95. The van der Waals surface area contributed by atoms with Crippen molar-refractivity contribution in [3.8, 4) is 0 Å². The molecule has 0 saturated carbocycles. The van der Waals surface area contributed by atoms with E-state index < -0.39 is 11.6 Å². The van der Waals surface area contributed by atoms with Crippen molar-refractivity contribution >= 4 is 5.96 Å². The summed E-state index contributed by atoms with van der Waals surface area (Å²) in [5, 5.41) is 6.40. The highest BCUT2D eigenvalue weighted by atomic mass is 19.1. The van der Waals surface area contributed by atoms with Gasteiger partial charge in [-0.1, -0.05) is 66.7 Å². The SMILES string of the molecule is Fc1cccc(F)c1CNC1=NC(c2ccccc2)C(c2ccccc2)N1. The van der Waals surface area contributed by atoms with Crippen LogP contribution in [0.4, 0.5) is 8.78 Å². The van der Waals surface area contributed by atoms with Gasteiger partial charge in [-0.25, -0.2) is 13.8 Å². The van der Waals surface area contributed by atoms with Crippen molar-refractivity contribution < 1.29 is 8.78 Å². The summed E-state index contributed by atoms with van der Waals surface area (Å²) in [6, 6.07) is 23.7. The summed E-state index contributed by atoms with van der Waals surface area (Å²) in [4.78, 5) is 4.74. The molecular formula is C22H19F2N3. The lowest BCUT2D eigenvalue weighted by Crippen LogP contribution is -2.35. The van der Waals surface area contributed by atoms with E-state index in [-0.39, 0.29) is 24.2 Å². The first-order valence-corrected chi connectivity index (χ1v) is 8.83. The van der Waals surface area contributed by atoms with Crippen LogP contribution in [0.2, 0.25) is 0 Å². The van der Waals surface area contributed by atoms with E-state index in [9.17, 15) is 8.78 Å². The fraction of sp³-hybridized carbons (Fsp3) is 0.136. The molecule has 3 aromatic carbocycles. The molecule has 0 saturated heterocycles. The van der Waals surface area contributed by atoms with Crippen LogP contribution in [0.5, 0.6) is 0 Å². The zero-order valence-corrected chi connectivity index (χ0v) is 14.6. The topological polar surface area (TPSA) is 36.4 Å². The number of guanidine groups is 1. The highest BCUT2D eigenvalue weighted by Gasteiger charge is 2.31. The maximum absolute atomic E-state index is 13.9. The maximum Gasteiger partial charge on any atom is 0.192 e. The monoisotopic (exact) mass is 363 g/mol. The van der Waals surface area contributed by atoms with Crippen LogP contribution in [-0.4, -0.2) is 5.96 Å². The van der Waals surface area contributed by atoms with E-state index in [4.69, 9.17) is 4.99 Å². The molecule has 0 aromatic heterocycles. The van der Waals surface area contributed by atoms with Crippen molar-refractivity contribution in [2.75, 3.05) is 0 Å². The largest absolute Gasteiger partial charge is 0.352 e. The lowest BCUT2D eigenvalue weighted by molar-refractivity contribution is 0.548. The van der Waals surface area contributed by atoms with Crippen molar-refractivity contribution in [2.45, 2.75) is 18.6 Å². The van der Waals surface area contributed by atoms with Gasteiger partial charge < -0.3 is 10.6 Å². The Morgan fingerprint density at radius 2 is 1.37 bits per heavy atom. The molecule has 27 heavy (non-hydrogen) atoms. The Hall–Kier alpha value is -3.21. The number of aliphatic imine (C=N–C) groups is 1. The maximum atomic E-state index is 13.9. The predicted molar refractivity (Wildman–Crippen MR) is 102 cm³/mol. The molecule has 3 aromatic rings. The molecule has 2 atom stereocenters. The second kappa shape index (κ2) is 7.58. The van der Waals surface area contributed by atoms with Gasteiger partial charge in [-0.3, -0.25) is 0 Å². The van der Waals surface area contributed by atoms with Gasteiger partial charge in [-0.15, -0.1) is 0 Å². The van der Waals surface area contributed by atoms with Crippen LogP contribution >= 0.6 is 0 Å². The number of benzene rings is 3. The van der Waals surface area contributed by atoms with Crippen LogP contribution in [0.25, 0.3) is 0 Å². The molecule has 0 amide bonds. The lowest BCUT2D eigenvalue weighted by Gasteiger charge is -2.19. The highest BCUT2D eigenvalue weighted by Crippen LogP contribution is 2.35. The Kier molecular flexibility index (Phi) is 4.83. The van der Waals surface area contributed by atoms with Gasteiger partial charge in [0, 0.05) is 12.1 Å². The van der Waals surface area contributed by atoms with Crippen molar-refractivity contribution in [1.82, 2.24) is 10.6 Å². The zero-order chi connectivity index (χ0) is 18.6. The summed E-state index contributed by atoms with van der Waals surface area (Å²) in [7, 11) is 0. The fourth-order valence-electron chi connectivity index (χ4n) is 3.29. The number of halogens is 2. The average Bonchev–Trinajstić information content (AvgIpc) is 3.13. The smallest absolute Gasteiger partial charge is 0.192 e. The molecule has 4 rings (SSSR count). The van der Waals surface area contributed by atoms with Crippen molar-refractivity contribution in [1.29, 1.82) is 0 Å². The van der Waals surface area contributed by atoms with Crippen molar-refractivity contribution in [2.24, 2.45) is 4.99 Å². The number of nitrogens with one attached hydrogen (secondary N) is 2. The molecule has 0 radical (unpaired) electrons. The summed E-state index contributed by atoms with van der Waals surface area (Å²) in [5.41, 5.74) is 2.18. The standard InChI is InChI=1S/C22H19F2N3/c23-18-12-7-13-19(24)17(18)14-25-22-26-20(15-8-3-1-4-9-15)21(27-22)16-10-5-2-6-11-16/h1-13,20-21H,14H2,(H2,25,26,27). The van der Waals surface area contributed by atoms with Gasteiger partial charge in [-0.05, 0) is 23.3 Å². The minimum atomic E-state index is -0.569. The first-order chi connectivity index (χ1) is 13.2. The van der Waals surface area contributed by atoms with E-state index in [1.165, 1.54) is 18.2 Å². The van der Waals surface area contributed by atoms with Crippen LogP contribution in [0.1, 0.15) is 28.8 Å². The van der Waals surface area contributed by atoms with Gasteiger partial charge in [0.15, 0.2) is 5.96 Å². The third kappa shape index (κ3) is 3.67. The van der Waals surface area contributed by atoms with Gasteiger partial charge in [0.1, 0.15) is 17.7 Å². The fourth-order valence-corrected chi connectivity index (χ4v) is 3.29. The van der Waals surface area contributed by atoms with E-state index in [0.29, 0.717) is 5.96 Å². The average molecular weight is 363 g/mol. The Labute approximate surface area is 156 Å². The molecule has 1 heterocycles. The van der Waals surface area contributed by atoms with Gasteiger partial charge in [0.05, 0.1) is 6.04 Å². The molecule has 1 aliphatic heterocycles. The van der Waals surface area contributed by atoms with Crippen LogP contribution in [0, 0.1) is 11.6 Å². The van der Waals surface area contributed by atoms with E-state index in [1.807, 2.05) is 60.7 Å². The Morgan fingerprint density at radius 1 is 0.778 bits per heavy atom. The molecular weight excluding hydrogens is 344 g/mol. The second-order valence-corrected chi connectivity index (χ2v) is 6.42. The van der Waals surface area contributed by atoms with Gasteiger partial charge in [0.25, 0.3) is 0 Å². The molecule has 0 spiro atoms. The molecule has 0 bridgehead atoms. The molecule has 5 heteroatoms. The molecule has 0 fully saturated rings. The third-order valence-electron chi connectivity index (χ3n) is 4.67. The molecule has 136 valence electrons. The van der Waals surface area contributed by atoms with E-state index in [1.54, 1.807) is 0 Å². The second-order valence-electron chi connectivity index (χ2n) is 6.42. The van der Waals surface area contributed by atoms with Gasteiger partial charge >= 0.3 is 0 Å². The normalized spacial score (nSPS) is 18.7. The summed E-state index contributed by atoms with van der Waals surface area (Å²) >= 11 is 0. The molecule has 1 aliphatic rings. The van der Waals surface area contributed by atoms with E-state index in [2.05, 4.69) is 10.6 Å². The summed E-state index contributed by atoms with van der Waals surface area (Å²) in [6.45, 7) is 0.0212. The van der Waals surface area contributed by atoms with Crippen LogP contribution in [0.3, 0.4) is 0 Å². The molecule has 0 aliphatic carbocycles. The van der Waals surface area contributed by atoms with Gasteiger partial charge in [-0.2, -0.15) is 0 Å². The minimum Gasteiger partial charge on any atom is -0.352 e. The number of nitrogens with zero attached hydrogens (tertiary/aromatic N) is 1. The Bertz CT molecular complexity index is 922. The van der Waals surface area contributed by atoms with Crippen LogP contribution in [0.15, 0.2) is 83.9 Å². The number of hydrogen-bond acceptors (Lipinski definition) is 3. The Morgan fingerprint density at radius 3 is 2.00 bits per heavy atom. The van der Waals surface area contributed by atoms with E-state index in [0.717, 1.165) is 11.1 Å². The Balaban J connectivity index is 1.58. The van der Waals surface area contributed by atoms with Crippen molar-refractivity contribution in [3.63, 3.8) is 0 Å². The molecule has 2 N–H and O–H groups in total. The summed E-state index contributed by atoms with van der Waals surface area (Å²) in [6.07, 6.45) is 0. The number of hydrogen-bond donors (Lipinski definition) is 2. The summed E-state index contributed by atoms with van der Waals surface area (Å²) in [5.74, 6) is -0.610. The zero-order valence-electron chi connectivity index (χ0n) is 14.6. The van der Waals surface area contributed by atoms with Gasteiger partial charge in [0.2, 0.25) is 0 Å².